The zero-order valence-corrected chi connectivity index (χ0v) is 9.68. The van der Waals surface area contributed by atoms with E-state index in [9.17, 15) is 17.6 Å². The van der Waals surface area contributed by atoms with Gasteiger partial charge in [0.05, 0.1) is 0 Å². The van der Waals surface area contributed by atoms with Crippen LogP contribution in [0.2, 0.25) is 5.02 Å². The van der Waals surface area contributed by atoms with Gasteiger partial charge in [-0.05, 0) is 18.6 Å². The maximum absolute atomic E-state index is 13.4. The van der Waals surface area contributed by atoms with Gasteiger partial charge in [-0.2, -0.15) is 13.2 Å². The van der Waals surface area contributed by atoms with Crippen LogP contribution < -0.4 is 5.73 Å². The largest absolute Gasteiger partial charge is 0.407 e. The van der Waals surface area contributed by atoms with Crippen molar-refractivity contribution in [3.63, 3.8) is 0 Å². The summed E-state index contributed by atoms with van der Waals surface area (Å²) in [6.45, 7) is 1.35. The Hall–Kier alpha value is -0.520. The maximum Gasteiger partial charge on any atom is 0.407 e. The maximum atomic E-state index is 13.4. The quantitative estimate of drug-likeness (QED) is 0.777. The summed E-state index contributed by atoms with van der Waals surface area (Å²) in [5, 5.41) is -0.317. The Bertz CT molecular complexity index is 379. The molecular weight excluding hydrogens is 269 g/mol. The molecule has 0 saturated heterocycles. The summed E-state index contributed by atoms with van der Waals surface area (Å²) in [6.07, 6.45) is -4.71. The van der Waals surface area contributed by atoms with Crippen LogP contribution in [0.4, 0.5) is 17.6 Å². The number of hydrogen-bond acceptors (Lipinski definition) is 1. The van der Waals surface area contributed by atoms with E-state index in [-0.39, 0.29) is 23.0 Å². The average Bonchev–Trinajstić information content (AvgIpc) is 2.10. The molecule has 0 spiro atoms. The van der Waals surface area contributed by atoms with E-state index in [1.54, 1.807) is 0 Å². The Kier molecular flexibility index (Phi) is 5.04. The van der Waals surface area contributed by atoms with Crippen molar-refractivity contribution in [2.24, 2.45) is 5.73 Å². The van der Waals surface area contributed by atoms with Crippen LogP contribution in [0, 0.1) is 12.7 Å². The predicted octanol–water partition coefficient (Wildman–Crippen LogP) is 3.77. The molecule has 1 atom stereocenters. The molecule has 0 unspecified atom stereocenters. The molecule has 0 aliphatic rings. The Labute approximate surface area is 101 Å². The summed E-state index contributed by atoms with van der Waals surface area (Å²) >= 11 is 5.48. The highest BCUT2D eigenvalue weighted by atomic mass is 35.5. The van der Waals surface area contributed by atoms with Gasteiger partial charge in [-0.3, -0.25) is 0 Å². The van der Waals surface area contributed by atoms with Gasteiger partial charge in [0.15, 0.2) is 0 Å². The van der Waals surface area contributed by atoms with Crippen LogP contribution >= 0.6 is 24.0 Å². The summed E-state index contributed by atoms with van der Waals surface area (Å²) in [7, 11) is 0. The van der Waals surface area contributed by atoms with Gasteiger partial charge in [-0.15, -0.1) is 12.4 Å². The van der Waals surface area contributed by atoms with Crippen molar-refractivity contribution < 1.29 is 17.6 Å². The predicted molar refractivity (Wildman–Crippen MR) is 56.4 cm³/mol. The number of halogens is 6. The first-order valence-corrected chi connectivity index (χ1v) is 4.39. The van der Waals surface area contributed by atoms with Gasteiger partial charge >= 0.3 is 6.18 Å². The van der Waals surface area contributed by atoms with Crippen molar-refractivity contribution in [2.75, 3.05) is 0 Å². The molecule has 1 rings (SSSR count). The van der Waals surface area contributed by atoms with Crippen LogP contribution in [0.15, 0.2) is 12.1 Å². The summed E-state index contributed by atoms with van der Waals surface area (Å²) in [5.41, 5.74) is 4.27. The number of nitrogens with two attached hydrogens (primary N) is 1. The molecule has 7 heteroatoms. The lowest BCUT2D eigenvalue weighted by atomic mass is 10.0. The van der Waals surface area contributed by atoms with Gasteiger partial charge in [0.2, 0.25) is 0 Å². The molecule has 1 nitrogen and oxygen atoms in total. The van der Waals surface area contributed by atoms with E-state index in [1.165, 1.54) is 19.1 Å². The van der Waals surface area contributed by atoms with E-state index in [0.717, 1.165) is 0 Å². The Morgan fingerprint density at radius 2 is 1.81 bits per heavy atom. The standard InChI is InChI=1S/C9H8ClF4N.ClH/c1-4-2-3-5(10)6(7(4)11)8(15)9(12,13)14;/h2-3,8H,15H2,1H3;1H/t8-;/m0./s1. The monoisotopic (exact) mass is 277 g/mol. The van der Waals surface area contributed by atoms with E-state index in [0.29, 0.717) is 0 Å². The highest BCUT2D eigenvalue weighted by Crippen LogP contribution is 2.36. The lowest BCUT2D eigenvalue weighted by Gasteiger charge is -2.18. The molecule has 0 saturated carbocycles. The molecule has 0 aliphatic heterocycles. The third-order valence-corrected chi connectivity index (χ3v) is 2.31. The number of hydrogen-bond donors (Lipinski definition) is 1. The zero-order valence-electron chi connectivity index (χ0n) is 8.11. The van der Waals surface area contributed by atoms with Crippen molar-refractivity contribution in [1.82, 2.24) is 0 Å². The number of aryl methyl sites for hydroxylation is 1. The SMILES string of the molecule is Cc1ccc(Cl)c([C@H](N)C(F)(F)F)c1F.Cl. The Morgan fingerprint density at radius 1 is 1.31 bits per heavy atom. The molecule has 0 heterocycles. The minimum atomic E-state index is -4.71. The van der Waals surface area contributed by atoms with Gasteiger partial charge in [-0.1, -0.05) is 17.7 Å². The summed E-state index contributed by atoms with van der Waals surface area (Å²) in [6, 6.07) is 0.0930. The van der Waals surface area contributed by atoms with E-state index in [4.69, 9.17) is 17.3 Å². The Morgan fingerprint density at radius 3 is 2.25 bits per heavy atom. The van der Waals surface area contributed by atoms with Gasteiger partial charge in [-0.25, -0.2) is 4.39 Å². The summed E-state index contributed by atoms with van der Waals surface area (Å²) < 4.78 is 50.2. The van der Waals surface area contributed by atoms with Crippen LogP contribution in [0.3, 0.4) is 0 Å². The fraction of sp³-hybridized carbons (Fsp3) is 0.333. The molecular formula is C9H9Cl2F4N. The molecule has 1 aromatic carbocycles. The molecule has 0 aliphatic carbocycles. The fourth-order valence-corrected chi connectivity index (χ4v) is 1.39. The minimum Gasteiger partial charge on any atom is -0.316 e. The molecule has 2 N–H and O–H groups in total. The van der Waals surface area contributed by atoms with E-state index in [2.05, 4.69) is 0 Å². The molecule has 1 aromatic rings. The first-order valence-electron chi connectivity index (χ1n) is 4.02. The zero-order chi connectivity index (χ0) is 11.8. The number of rotatable bonds is 1. The second-order valence-electron chi connectivity index (χ2n) is 3.11. The number of alkyl halides is 3. The molecule has 92 valence electrons. The van der Waals surface area contributed by atoms with Crippen LogP contribution in [0.25, 0.3) is 0 Å². The van der Waals surface area contributed by atoms with Gasteiger partial charge < -0.3 is 5.73 Å². The van der Waals surface area contributed by atoms with Crippen molar-refractivity contribution in [3.8, 4) is 0 Å². The van der Waals surface area contributed by atoms with E-state index >= 15 is 0 Å². The summed E-state index contributed by atoms with van der Waals surface area (Å²) in [5.74, 6) is -1.01. The van der Waals surface area contributed by atoms with Crippen molar-refractivity contribution >= 4 is 24.0 Å². The highest BCUT2D eigenvalue weighted by molar-refractivity contribution is 6.31. The first kappa shape index (κ1) is 15.5. The van der Waals surface area contributed by atoms with Crippen LogP contribution in [-0.4, -0.2) is 6.18 Å². The first-order chi connectivity index (χ1) is 6.75. The third-order valence-electron chi connectivity index (χ3n) is 1.98. The second kappa shape index (κ2) is 5.21. The van der Waals surface area contributed by atoms with E-state index in [1.807, 2.05) is 0 Å². The highest BCUT2D eigenvalue weighted by Gasteiger charge is 2.40. The third kappa shape index (κ3) is 2.99. The van der Waals surface area contributed by atoms with Crippen LogP contribution in [-0.2, 0) is 0 Å². The molecule has 0 fully saturated rings. The second-order valence-corrected chi connectivity index (χ2v) is 3.52. The normalized spacial score (nSPS) is 13.2. The molecule has 16 heavy (non-hydrogen) atoms. The average molecular weight is 278 g/mol. The molecule has 0 aromatic heterocycles. The van der Waals surface area contributed by atoms with Crippen molar-refractivity contribution in [3.05, 3.63) is 34.1 Å². The molecule has 0 amide bonds. The number of benzene rings is 1. The summed E-state index contributed by atoms with van der Waals surface area (Å²) in [4.78, 5) is 0. The lowest BCUT2D eigenvalue weighted by molar-refractivity contribution is -0.149. The van der Waals surface area contributed by atoms with Crippen molar-refractivity contribution in [1.29, 1.82) is 0 Å². The topological polar surface area (TPSA) is 26.0 Å². The smallest absolute Gasteiger partial charge is 0.316 e. The van der Waals surface area contributed by atoms with Crippen LogP contribution in [0.5, 0.6) is 0 Å². The van der Waals surface area contributed by atoms with E-state index < -0.39 is 23.6 Å². The Balaban J connectivity index is 0.00000225. The van der Waals surface area contributed by atoms with Gasteiger partial charge in [0.25, 0.3) is 0 Å². The molecule has 0 bridgehead atoms. The van der Waals surface area contributed by atoms with Crippen molar-refractivity contribution in [2.45, 2.75) is 19.1 Å². The lowest BCUT2D eigenvalue weighted by Crippen LogP contribution is -2.29. The minimum absolute atomic E-state index is 0. The van der Waals surface area contributed by atoms with Gasteiger partial charge in [0.1, 0.15) is 11.9 Å². The van der Waals surface area contributed by atoms with Crippen LogP contribution in [0.1, 0.15) is 17.2 Å². The fourth-order valence-electron chi connectivity index (χ4n) is 1.13. The van der Waals surface area contributed by atoms with Gasteiger partial charge in [0, 0.05) is 10.6 Å². The molecule has 0 radical (unpaired) electrons.